The minimum Gasteiger partial charge on any atom is -0.383 e. The summed E-state index contributed by atoms with van der Waals surface area (Å²) in [4.78, 5) is 16.5. The molecule has 0 aliphatic rings. The van der Waals surface area contributed by atoms with Crippen LogP contribution in [0.1, 0.15) is 27.2 Å². The lowest BCUT2D eigenvalue weighted by Gasteiger charge is -2.09. The standard InChI is InChI=1S/C22H22ClN3O/c1-16-5-2-3-7-18(16)14-26-22(27)21-10-9-20(15-25-21)24-12-11-17-6-4-8-19(23)13-17/h2-10,13,15,24H,11-12,14H2,1H3,(H,26,27). The fourth-order valence-corrected chi connectivity index (χ4v) is 2.96. The van der Waals surface area contributed by atoms with Gasteiger partial charge in [-0.2, -0.15) is 0 Å². The Morgan fingerprint density at radius 3 is 2.67 bits per heavy atom. The van der Waals surface area contributed by atoms with Crippen molar-refractivity contribution in [3.63, 3.8) is 0 Å². The second-order valence-corrected chi connectivity index (χ2v) is 6.78. The maximum atomic E-state index is 12.3. The van der Waals surface area contributed by atoms with Gasteiger partial charge in [-0.3, -0.25) is 4.79 Å². The van der Waals surface area contributed by atoms with Crippen LogP contribution in [0.5, 0.6) is 0 Å². The zero-order valence-corrected chi connectivity index (χ0v) is 16.0. The van der Waals surface area contributed by atoms with Crippen LogP contribution >= 0.6 is 11.6 Å². The van der Waals surface area contributed by atoms with Crippen LogP contribution < -0.4 is 10.6 Å². The van der Waals surface area contributed by atoms with Gasteiger partial charge in [-0.25, -0.2) is 4.98 Å². The van der Waals surface area contributed by atoms with E-state index < -0.39 is 0 Å². The minimum absolute atomic E-state index is 0.177. The topological polar surface area (TPSA) is 54.0 Å². The number of rotatable bonds is 7. The van der Waals surface area contributed by atoms with Gasteiger partial charge in [-0.15, -0.1) is 0 Å². The monoisotopic (exact) mass is 379 g/mol. The molecular weight excluding hydrogens is 358 g/mol. The van der Waals surface area contributed by atoms with E-state index in [0.29, 0.717) is 12.2 Å². The van der Waals surface area contributed by atoms with E-state index in [1.807, 2.05) is 61.5 Å². The highest BCUT2D eigenvalue weighted by atomic mass is 35.5. The van der Waals surface area contributed by atoms with Gasteiger partial charge in [0.1, 0.15) is 5.69 Å². The molecule has 138 valence electrons. The van der Waals surface area contributed by atoms with Crippen LogP contribution in [0.3, 0.4) is 0 Å². The molecule has 2 N–H and O–H groups in total. The van der Waals surface area contributed by atoms with E-state index in [0.717, 1.165) is 34.8 Å². The van der Waals surface area contributed by atoms with Crippen LogP contribution in [-0.2, 0) is 13.0 Å². The lowest BCUT2D eigenvalue weighted by Crippen LogP contribution is -2.24. The summed E-state index contributed by atoms with van der Waals surface area (Å²) in [5, 5.41) is 6.96. The Kier molecular flexibility index (Phi) is 6.44. The Hall–Kier alpha value is -2.85. The molecule has 0 atom stereocenters. The van der Waals surface area contributed by atoms with Crippen molar-refractivity contribution in [1.82, 2.24) is 10.3 Å². The Balaban J connectivity index is 1.49. The predicted octanol–water partition coefficient (Wildman–Crippen LogP) is 4.63. The highest BCUT2D eigenvalue weighted by Gasteiger charge is 2.07. The third-order valence-electron chi connectivity index (χ3n) is 4.33. The van der Waals surface area contributed by atoms with Gasteiger partial charge in [0.05, 0.1) is 11.9 Å². The smallest absolute Gasteiger partial charge is 0.270 e. The fourth-order valence-electron chi connectivity index (χ4n) is 2.75. The molecule has 0 saturated heterocycles. The van der Waals surface area contributed by atoms with Gasteiger partial charge in [0.15, 0.2) is 0 Å². The van der Waals surface area contributed by atoms with Gasteiger partial charge >= 0.3 is 0 Å². The number of carbonyl (C=O) groups excluding carboxylic acids is 1. The Labute approximate surface area is 164 Å². The molecule has 1 heterocycles. The molecular formula is C22H22ClN3O. The summed E-state index contributed by atoms with van der Waals surface area (Å²) in [6.45, 7) is 3.29. The van der Waals surface area contributed by atoms with Crippen LogP contribution in [0.4, 0.5) is 5.69 Å². The van der Waals surface area contributed by atoms with Crippen molar-refractivity contribution in [1.29, 1.82) is 0 Å². The van der Waals surface area contributed by atoms with Gasteiger partial charge in [0, 0.05) is 18.1 Å². The summed E-state index contributed by atoms with van der Waals surface area (Å²) in [7, 11) is 0. The minimum atomic E-state index is -0.177. The van der Waals surface area contributed by atoms with E-state index in [1.54, 1.807) is 12.3 Å². The lowest BCUT2D eigenvalue weighted by atomic mass is 10.1. The fraction of sp³-hybridized carbons (Fsp3) is 0.182. The molecule has 0 saturated carbocycles. The van der Waals surface area contributed by atoms with Crippen LogP contribution in [0, 0.1) is 6.92 Å². The first-order valence-corrected chi connectivity index (χ1v) is 9.27. The molecule has 4 nitrogen and oxygen atoms in total. The maximum absolute atomic E-state index is 12.3. The van der Waals surface area contributed by atoms with Gasteiger partial charge in [-0.05, 0) is 54.3 Å². The predicted molar refractivity (Wildman–Crippen MR) is 110 cm³/mol. The van der Waals surface area contributed by atoms with E-state index in [9.17, 15) is 4.79 Å². The molecule has 0 bridgehead atoms. The zero-order chi connectivity index (χ0) is 19.1. The summed E-state index contributed by atoms with van der Waals surface area (Å²) in [5.41, 5.74) is 4.72. The number of aromatic nitrogens is 1. The number of hydrogen-bond donors (Lipinski definition) is 2. The highest BCUT2D eigenvalue weighted by Crippen LogP contribution is 2.12. The van der Waals surface area contributed by atoms with Crippen LogP contribution in [0.15, 0.2) is 66.9 Å². The third kappa shape index (κ3) is 5.56. The SMILES string of the molecule is Cc1ccccc1CNC(=O)c1ccc(NCCc2cccc(Cl)c2)cn1. The molecule has 3 aromatic rings. The van der Waals surface area contributed by atoms with Gasteiger partial charge in [-0.1, -0.05) is 48.0 Å². The van der Waals surface area contributed by atoms with E-state index in [1.165, 1.54) is 5.56 Å². The van der Waals surface area contributed by atoms with Crippen molar-refractivity contribution in [3.05, 3.63) is 94.3 Å². The average molecular weight is 380 g/mol. The van der Waals surface area contributed by atoms with Crippen molar-refractivity contribution in [2.45, 2.75) is 19.9 Å². The summed E-state index contributed by atoms with van der Waals surface area (Å²) < 4.78 is 0. The van der Waals surface area contributed by atoms with Gasteiger partial charge in [0.2, 0.25) is 0 Å². The van der Waals surface area contributed by atoms with Crippen molar-refractivity contribution < 1.29 is 4.79 Å². The largest absolute Gasteiger partial charge is 0.383 e. The van der Waals surface area contributed by atoms with Crippen molar-refractivity contribution in [2.75, 3.05) is 11.9 Å². The number of anilines is 1. The molecule has 1 amide bonds. The third-order valence-corrected chi connectivity index (χ3v) is 4.56. The number of benzene rings is 2. The summed E-state index contributed by atoms with van der Waals surface area (Å²) >= 11 is 5.99. The number of hydrogen-bond acceptors (Lipinski definition) is 3. The van der Waals surface area contributed by atoms with Crippen molar-refractivity contribution in [3.8, 4) is 0 Å². The molecule has 3 rings (SSSR count). The Morgan fingerprint density at radius 1 is 1.07 bits per heavy atom. The van der Waals surface area contributed by atoms with Crippen LogP contribution in [0.2, 0.25) is 5.02 Å². The first-order chi connectivity index (χ1) is 13.1. The van der Waals surface area contributed by atoms with Crippen molar-refractivity contribution in [2.24, 2.45) is 0 Å². The average Bonchev–Trinajstić information content (AvgIpc) is 2.68. The first-order valence-electron chi connectivity index (χ1n) is 8.89. The molecule has 1 aromatic heterocycles. The Bertz CT molecular complexity index is 909. The number of amides is 1. The Morgan fingerprint density at radius 2 is 1.93 bits per heavy atom. The molecule has 5 heteroatoms. The summed E-state index contributed by atoms with van der Waals surface area (Å²) in [6.07, 6.45) is 2.54. The molecule has 0 aliphatic heterocycles. The van der Waals surface area contributed by atoms with E-state index in [-0.39, 0.29) is 5.91 Å². The number of pyridine rings is 1. The van der Waals surface area contributed by atoms with Crippen molar-refractivity contribution >= 4 is 23.2 Å². The number of nitrogens with zero attached hydrogens (tertiary/aromatic N) is 1. The summed E-state index contributed by atoms with van der Waals surface area (Å²) in [5.74, 6) is -0.177. The molecule has 2 aromatic carbocycles. The number of aryl methyl sites for hydroxylation is 1. The van der Waals surface area contributed by atoms with Crippen LogP contribution in [0.25, 0.3) is 0 Å². The number of halogens is 1. The quantitative estimate of drug-likeness (QED) is 0.629. The van der Waals surface area contributed by atoms with Gasteiger partial charge < -0.3 is 10.6 Å². The van der Waals surface area contributed by atoms with E-state index in [4.69, 9.17) is 11.6 Å². The maximum Gasteiger partial charge on any atom is 0.270 e. The molecule has 0 spiro atoms. The second-order valence-electron chi connectivity index (χ2n) is 6.35. The highest BCUT2D eigenvalue weighted by molar-refractivity contribution is 6.30. The van der Waals surface area contributed by atoms with Gasteiger partial charge in [0.25, 0.3) is 5.91 Å². The molecule has 0 aliphatic carbocycles. The second kappa shape index (κ2) is 9.19. The lowest BCUT2D eigenvalue weighted by molar-refractivity contribution is 0.0946. The normalized spacial score (nSPS) is 10.4. The molecule has 27 heavy (non-hydrogen) atoms. The zero-order valence-electron chi connectivity index (χ0n) is 15.2. The molecule has 0 radical (unpaired) electrons. The number of carbonyl (C=O) groups is 1. The number of nitrogens with one attached hydrogen (secondary N) is 2. The molecule has 0 unspecified atom stereocenters. The molecule has 0 fully saturated rings. The van der Waals surface area contributed by atoms with Crippen LogP contribution in [-0.4, -0.2) is 17.4 Å². The van der Waals surface area contributed by atoms with E-state index >= 15 is 0 Å². The summed E-state index contributed by atoms with van der Waals surface area (Å²) in [6, 6.07) is 19.4. The van der Waals surface area contributed by atoms with E-state index in [2.05, 4.69) is 15.6 Å². The first kappa shape index (κ1) is 18.9.